The molecule has 1 aliphatic heterocycles. The molecule has 7 nitrogen and oxygen atoms in total. The van der Waals surface area contributed by atoms with E-state index in [4.69, 9.17) is 9.47 Å². The standard InChI is InChI=1S/C21H25N3O4/c1-2-19(25)17-3-5-18(6-4-17)28-15-21(26)23-14-16-7-8-22-20(13-16)24-9-11-27-12-10-24/h3-8,13H,2,9-12,14-15H2,1H3,(H,23,26). The van der Waals surface area contributed by atoms with Gasteiger partial charge in [-0.2, -0.15) is 0 Å². The molecule has 1 aromatic carbocycles. The Hall–Kier alpha value is -2.93. The number of benzene rings is 1. The highest BCUT2D eigenvalue weighted by molar-refractivity contribution is 5.95. The SMILES string of the molecule is CCC(=O)c1ccc(OCC(=O)NCc2ccnc(N3CCOCC3)c2)cc1. The predicted molar refractivity (Wildman–Crippen MR) is 106 cm³/mol. The summed E-state index contributed by atoms with van der Waals surface area (Å²) in [4.78, 5) is 30.3. The molecule has 0 spiro atoms. The molecule has 1 N–H and O–H groups in total. The second kappa shape index (κ2) is 9.85. The summed E-state index contributed by atoms with van der Waals surface area (Å²) >= 11 is 0. The average Bonchev–Trinajstić information content (AvgIpc) is 2.77. The summed E-state index contributed by atoms with van der Waals surface area (Å²) < 4.78 is 10.8. The van der Waals surface area contributed by atoms with Crippen LogP contribution in [0.3, 0.4) is 0 Å². The molecular formula is C21H25N3O4. The van der Waals surface area contributed by atoms with Gasteiger partial charge in [0.05, 0.1) is 13.2 Å². The van der Waals surface area contributed by atoms with Gasteiger partial charge < -0.3 is 19.7 Å². The summed E-state index contributed by atoms with van der Waals surface area (Å²) in [6.07, 6.45) is 2.22. The molecule has 0 atom stereocenters. The van der Waals surface area contributed by atoms with Crippen LogP contribution in [-0.2, 0) is 16.1 Å². The first-order chi connectivity index (χ1) is 13.7. The first-order valence-corrected chi connectivity index (χ1v) is 9.46. The van der Waals surface area contributed by atoms with E-state index in [1.54, 1.807) is 30.5 Å². The van der Waals surface area contributed by atoms with Crippen LogP contribution in [0.25, 0.3) is 0 Å². The van der Waals surface area contributed by atoms with E-state index >= 15 is 0 Å². The van der Waals surface area contributed by atoms with Crippen LogP contribution in [0.1, 0.15) is 29.3 Å². The van der Waals surface area contributed by atoms with Gasteiger partial charge >= 0.3 is 0 Å². The fourth-order valence-corrected chi connectivity index (χ4v) is 2.88. The minimum Gasteiger partial charge on any atom is -0.484 e. The second-order valence-electron chi connectivity index (χ2n) is 6.49. The van der Waals surface area contributed by atoms with Crippen molar-refractivity contribution in [1.82, 2.24) is 10.3 Å². The van der Waals surface area contributed by atoms with Crippen LogP contribution in [-0.4, -0.2) is 49.6 Å². The average molecular weight is 383 g/mol. The van der Waals surface area contributed by atoms with Gasteiger partial charge in [0.2, 0.25) is 0 Å². The number of pyridine rings is 1. The summed E-state index contributed by atoms with van der Waals surface area (Å²) in [5, 5.41) is 2.85. The van der Waals surface area contributed by atoms with Gasteiger partial charge in [0.25, 0.3) is 5.91 Å². The molecule has 0 aliphatic carbocycles. The lowest BCUT2D eigenvalue weighted by molar-refractivity contribution is -0.123. The number of hydrogen-bond donors (Lipinski definition) is 1. The van der Waals surface area contributed by atoms with Crippen LogP contribution >= 0.6 is 0 Å². The number of ether oxygens (including phenoxy) is 2. The van der Waals surface area contributed by atoms with E-state index < -0.39 is 0 Å². The number of anilines is 1. The summed E-state index contributed by atoms with van der Waals surface area (Å²) in [5.74, 6) is 1.32. The van der Waals surface area contributed by atoms with Crippen molar-refractivity contribution in [1.29, 1.82) is 0 Å². The Morgan fingerprint density at radius 3 is 2.64 bits per heavy atom. The Bertz CT molecular complexity index is 802. The Morgan fingerprint density at radius 2 is 1.93 bits per heavy atom. The fourth-order valence-electron chi connectivity index (χ4n) is 2.88. The van der Waals surface area contributed by atoms with Crippen LogP contribution in [0.15, 0.2) is 42.6 Å². The molecule has 1 aromatic heterocycles. The topological polar surface area (TPSA) is 80.8 Å². The molecule has 148 valence electrons. The lowest BCUT2D eigenvalue weighted by Crippen LogP contribution is -2.36. The smallest absolute Gasteiger partial charge is 0.258 e. The highest BCUT2D eigenvalue weighted by atomic mass is 16.5. The van der Waals surface area contributed by atoms with E-state index in [9.17, 15) is 9.59 Å². The van der Waals surface area contributed by atoms with Crippen LogP contribution < -0.4 is 15.0 Å². The molecule has 0 unspecified atom stereocenters. The molecule has 1 saturated heterocycles. The van der Waals surface area contributed by atoms with Crippen molar-refractivity contribution in [2.24, 2.45) is 0 Å². The summed E-state index contributed by atoms with van der Waals surface area (Å²) in [6.45, 7) is 5.19. The molecule has 0 bridgehead atoms. The number of carbonyl (C=O) groups is 2. The Morgan fingerprint density at radius 1 is 1.18 bits per heavy atom. The van der Waals surface area contributed by atoms with Gasteiger partial charge in [0, 0.05) is 37.8 Å². The van der Waals surface area contributed by atoms with Gasteiger partial charge in [-0.1, -0.05) is 6.92 Å². The molecule has 7 heteroatoms. The lowest BCUT2D eigenvalue weighted by Gasteiger charge is -2.28. The van der Waals surface area contributed by atoms with E-state index in [2.05, 4.69) is 15.2 Å². The number of Topliss-reactive ketones (excluding diaryl/α,β-unsaturated/α-hetero) is 1. The normalized spacial score (nSPS) is 13.8. The van der Waals surface area contributed by atoms with Gasteiger partial charge in [-0.05, 0) is 42.0 Å². The molecule has 1 amide bonds. The Kier molecular flexibility index (Phi) is 6.97. The maximum atomic E-state index is 12.1. The molecule has 0 radical (unpaired) electrons. The maximum Gasteiger partial charge on any atom is 0.258 e. The monoisotopic (exact) mass is 383 g/mol. The van der Waals surface area contributed by atoms with Crippen LogP contribution in [0.4, 0.5) is 5.82 Å². The molecule has 2 aromatic rings. The Balaban J connectivity index is 1.46. The van der Waals surface area contributed by atoms with E-state index in [1.807, 2.05) is 19.1 Å². The number of rotatable bonds is 8. The minimum absolute atomic E-state index is 0.0809. The van der Waals surface area contributed by atoms with E-state index in [0.717, 1.165) is 24.5 Å². The van der Waals surface area contributed by atoms with Gasteiger partial charge in [0.1, 0.15) is 11.6 Å². The third-order valence-electron chi connectivity index (χ3n) is 4.50. The van der Waals surface area contributed by atoms with Gasteiger partial charge in [-0.3, -0.25) is 9.59 Å². The molecule has 2 heterocycles. The van der Waals surface area contributed by atoms with Gasteiger partial charge in [-0.25, -0.2) is 4.98 Å². The number of aromatic nitrogens is 1. The third-order valence-corrected chi connectivity index (χ3v) is 4.50. The molecular weight excluding hydrogens is 358 g/mol. The number of ketones is 1. The first-order valence-electron chi connectivity index (χ1n) is 9.46. The van der Waals surface area contributed by atoms with Crippen molar-refractivity contribution in [2.75, 3.05) is 37.8 Å². The van der Waals surface area contributed by atoms with Crippen molar-refractivity contribution >= 4 is 17.5 Å². The van der Waals surface area contributed by atoms with Crippen molar-refractivity contribution < 1.29 is 19.1 Å². The zero-order chi connectivity index (χ0) is 19.8. The van der Waals surface area contributed by atoms with Crippen LogP contribution in [0.2, 0.25) is 0 Å². The van der Waals surface area contributed by atoms with Crippen LogP contribution in [0, 0.1) is 0 Å². The number of morpholine rings is 1. The quantitative estimate of drug-likeness (QED) is 0.704. The minimum atomic E-state index is -0.210. The van der Waals surface area contributed by atoms with Crippen molar-refractivity contribution in [2.45, 2.75) is 19.9 Å². The molecule has 3 rings (SSSR count). The molecule has 1 fully saturated rings. The van der Waals surface area contributed by atoms with E-state index in [1.165, 1.54) is 0 Å². The van der Waals surface area contributed by atoms with Crippen molar-refractivity contribution in [3.8, 4) is 5.75 Å². The number of hydrogen-bond acceptors (Lipinski definition) is 6. The van der Waals surface area contributed by atoms with E-state index in [-0.39, 0.29) is 18.3 Å². The van der Waals surface area contributed by atoms with Crippen LogP contribution in [0.5, 0.6) is 5.75 Å². The third kappa shape index (κ3) is 5.53. The van der Waals surface area contributed by atoms with E-state index in [0.29, 0.717) is 37.5 Å². The number of nitrogens with one attached hydrogen (secondary N) is 1. The van der Waals surface area contributed by atoms with Crippen molar-refractivity contribution in [3.63, 3.8) is 0 Å². The number of nitrogens with zero attached hydrogens (tertiary/aromatic N) is 2. The second-order valence-corrected chi connectivity index (χ2v) is 6.49. The first kappa shape index (κ1) is 19.8. The molecule has 0 saturated carbocycles. The largest absolute Gasteiger partial charge is 0.484 e. The highest BCUT2D eigenvalue weighted by Crippen LogP contribution is 2.15. The summed E-state index contributed by atoms with van der Waals surface area (Å²) in [7, 11) is 0. The zero-order valence-corrected chi connectivity index (χ0v) is 16.0. The zero-order valence-electron chi connectivity index (χ0n) is 16.0. The maximum absolute atomic E-state index is 12.1. The molecule has 28 heavy (non-hydrogen) atoms. The molecule has 1 aliphatic rings. The number of carbonyl (C=O) groups excluding carboxylic acids is 2. The van der Waals surface area contributed by atoms with Gasteiger partial charge in [-0.15, -0.1) is 0 Å². The Labute approximate surface area is 164 Å². The predicted octanol–water partition coefficient (Wildman–Crippen LogP) is 2.21. The highest BCUT2D eigenvalue weighted by Gasteiger charge is 2.13. The van der Waals surface area contributed by atoms with Crippen molar-refractivity contribution in [3.05, 3.63) is 53.7 Å². The fraction of sp³-hybridized carbons (Fsp3) is 0.381. The summed E-state index contributed by atoms with van der Waals surface area (Å²) in [5.41, 5.74) is 1.63. The lowest BCUT2D eigenvalue weighted by atomic mass is 10.1. The number of amides is 1. The van der Waals surface area contributed by atoms with Gasteiger partial charge in [0.15, 0.2) is 12.4 Å². The summed E-state index contributed by atoms with van der Waals surface area (Å²) in [6, 6.07) is 10.7.